The van der Waals surface area contributed by atoms with Crippen molar-refractivity contribution in [2.75, 3.05) is 39.3 Å². The summed E-state index contributed by atoms with van der Waals surface area (Å²) in [6.07, 6.45) is 0. The molecule has 1 N–H and O–H groups in total. The van der Waals surface area contributed by atoms with Crippen molar-refractivity contribution >= 4 is 28.3 Å². The topological polar surface area (TPSA) is 69.7 Å². The van der Waals surface area contributed by atoms with E-state index in [9.17, 15) is 17.6 Å². The molecular weight excluding hydrogens is 417 g/mol. The zero-order chi connectivity index (χ0) is 20.1. The number of rotatable bonds is 6. The number of carbonyl (C=O) groups is 1. The molecule has 6 nitrogen and oxygen atoms in total. The molecular formula is C20H25ClFN3O3S. The van der Waals surface area contributed by atoms with Crippen LogP contribution >= 0.6 is 12.4 Å². The molecule has 1 aliphatic rings. The molecule has 29 heavy (non-hydrogen) atoms. The van der Waals surface area contributed by atoms with E-state index in [1.807, 2.05) is 6.92 Å². The number of amides is 1. The summed E-state index contributed by atoms with van der Waals surface area (Å²) >= 11 is 0. The number of hydrogen-bond donors (Lipinski definition) is 1. The van der Waals surface area contributed by atoms with Gasteiger partial charge < -0.3 is 5.32 Å². The molecule has 1 aliphatic heterocycles. The Morgan fingerprint density at radius 3 is 2.34 bits per heavy atom. The summed E-state index contributed by atoms with van der Waals surface area (Å²) < 4.78 is 40.1. The van der Waals surface area contributed by atoms with Gasteiger partial charge in [-0.25, -0.2) is 12.8 Å². The second kappa shape index (κ2) is 10.2. The third-order valence-corrected chi connectivity index (χ3v) is 6.70. The second-order valence-corrected chi connectivity index (χ2v) is 8.76. The first-order chi connectivity index (χ1) is 13.4. The van der Waals surface area contributed by atoms with E-state index >= 15 is 0 Å². The minimum atomic E-state index is -3.47. The highest BCUT2D eigenvalue weighted by Gasteiger charge is 2.28. The Morgan fingerprint density at radius 1 is 1.07 bits per heavy atom. The molecule has 0 spiro atoms. The molecule has 0 saturated carbocycles. The fourth-order valence-corrected chi connectivity index (χ4v) is 4.53. The van der Waals surface area contributed by atoms with Crippen LogP contribution in [0.25, 0.3) is 0 Å². The Balaban J connectivity index is 0.00000300. The van der Waals surface area contributed by atoms with E-state index in [-0.39, 0.29) is 23.9 Å². The number of aryl methyl sites for hydroxylation is 1. The number of piperazine rings is 1. The summed E-state index contributed by atoms with van der Waals surface area (Å²) in [6, 6.07) is 12.4. The van der Waals surface area contributed by atoms with Crippen LogP contribution in [0.1, 0.15) is 15.9 Å². The Bertz CT molecular complexity index is 930. The number of nitrogens with one attached hydrogen (secondary N) is 1. The van der Waals surface area contributed by atoms with Gasteiger partial charge in [0.2, 0.25) is 10.0 Å². The summed E-state index contributed by atoms with van der Waals surface area (Å²) in [4.78, 5) is 14.4. The Kier molecular flexibility index (Phi) is 8.15. The van der Waals surface area contributed by atoms with Crippen molar-refractivity contribution < 1.29 is 17.6 Å². The first kappa shape index (κ1) is 23.3. The summed E-state index contributed by atoms with van der Waals surface area (Å²) in [6.45, 7) is 4.96. The SMILES string of the molecule is Cc1ccc(S(=O)(=O)N2CCN(CCNC(=O)c3cccc(F)c3)CC2)cc1.Cl. The lowest BCUT2D eigenvalue weighted by Gasteiger charge is -2.34. The Morgan fingerprint density at radius 2 is 1.72 bits per heavy atom. The van der Waals surface area contributed by atoms with Crippen molar-refractivity contribution in [2.24, 2.45) is 0 Å². The molecule has 0 bridgehead atoms. The van der Waals surface area contributed by atoms with Gasteiger partial charge in [-0.05, 0) is 37.3 Å². The lowest BCUT2D eigenvalue weighted by atomic mass is 10.2. The van der Waals surface area contributed by atoms with E-state index in [0.717, 1.165) is 5.56 Å². The van der Waals surface area contributed by atoms with Gasteiger partial charge in [0.05, 0.1) is 4.90 Å². The average Bonchev–Trinajstić information content (AvgIpc) is 2.68. The van der Waals surface area contributed by atoms with Gasteiger partial charge in [0.15, 0.2) is 0 Å². The van der Waals surface area contributed by atoms with E-state index in [2.05, 4.69) is 10.2 Å². The van der Waals surface area contributed by atoms with Crippen LogP contribution in [0.4, 0.5) is 4.39 Å². The Labute approximate surface area is 177 Å². The maximum Gasteiger partial charge on any atom is 0.251 e. The highest BCUT2D eigenvalue weighted by atomic mass is 35.5. The molecule has 1 saturated heterocycles. The third-order valence-electron chi connectivity index (χ3n) is 4.79. The van der Waals surface area contributed by atoms with Crippen molar-refractivity contribution in [3.8, 4) is 0 Å². The Hall–Kier alpha value is -2.00. The molecule has 0 aromatic heterocycles. The van der Waals surface area contributed by atoms with Crippen LogP contribution in [0.2, 0.25) is 0 Å². The quantitative estimate of drug-likeness (QED) is 0.746. The largest absolute Gasteiger partial charge is 0.351 e. The smallest absolute Gasteiger partial charge is 0.251 e. The van der Waals surface area contributed by atoms with Crippen molar-refractivity contribution in [1.82, 2.24) is 14.5 Å². The van der Waals surface area contributed by atoms with E-state index in [1.54, 1.807) is 30.3 Å². The van der Waals surface area contributed by atoms with Crippen LogP contribution in [0, 0.1) is 12.7 Å². The standard InChI is InChI=1S/C20H24FN3O3S.ClH/c1-16-5-7-19(8-6-16)28(26,27)24-13-11-23(12-14-24)10-9-22-20(25)17-3-2-4-18(21)15-17;/h2-8,15H,9-14H2,1H3,(H,22,25);1H. The molecule has 0 aliphatic carbocycles. The first-order valence-electron chi connectivity index (χ1n) is 9.19. The zero-order valence-electron chi connectivity index (χ0n) is 16.2. The van der Waals surface area contributed by atoms with Crippen LogP contribution in [0.3, 0.4) is 0 Å². The predicted octanol–water partition coefficient (Wildman–Crippen LogP) is 2.29. The van der Waals surface area contributed by atoms with Gasteiger partial charge >= 0.3 is 0 Å². The van der Waals surface area contributed by atoms with Gasteiger partial charge in [-0.15, -0.1) is 12.4 Å². The monoisotopic (exact) mass is 441 g/mol. The van der Waals surface area contributed by atoms with Crippen molar-refractivity contribution in [3.05, 3.63) is 65.5 Å². The number of benzene rings is 2. The third kappa shape index (κ3) is 5.99. The minimum Gasteiger partial charge on any atom is -0.351 e. The van der Waals surface area contributed by atoms with Gasteiger partial charge in [0, 0.05) is 44.8 Å². The lowest BCUT2D eigenvalue weighted by molar-refractivity contribution is 0.0944. The lowest BCUT2D eigenvalue weighted by Crippen LogP contribution is -2.50. The van der Waals surface area contributed by atoms with Crippen molar-refractivity contribution in [2.45, 2.75) is 11.8 Å². The van der Waals surface area contributed by atoms with E-state index in [0.29, 0.717) is 44.2 Å². The molecule has 9 heteroatoms. The zero-order valence-corrected chi connectivity index (χ0v) is 17.8. The molecule has 0 radical (unpaired) electrons. The molecule has 158 valence electrons. The van der Waals surface area contributed by atoms with Gasteiger partial charge in [0.25, 0.3) is 5.91 Å². The number of hydrogen-bond acceptors (Lipinski definition) is 4. The molecule has 0 atom stereocenters. The number of nitrogens with zero attached hydrogens (tertiary/aromatic N) is 2. The molecule has 0 unspecified atom stereocenters. The predicted molar refractivity (Wildman–Crippen MR) is 112 cm³/mol. The fourth-order valence-electron chi connectivity index (χ4n) is 3.11. The van der Waals surface area contributed by atoms with E-state index in [4.69, 9.17) is 0 Å². The maximum atomic E-state index is 13.2. The molecule has 2 aromatic rings. The first-order valence-corrected chi connectivity index (χ1v) is 10.6. The molecule has 2 aromatic carbocycles. The molecule has 1 fully saturated rings. The molecule has 1 heterocycles. The van der Waals surface area contributed by atoms with Crippen LogP contribution < -0.4 is 5.32 Å². The van der Waals surface area contributed by atoms with Crippen LogP contribution in [0.15, 0.2) is 53.4 Å². The normalized spacial score (nSPS) is 15.5. The van der Waals surface area contributed by atoms with E-state index < -0.39 is 15.8 Å². The molecule has 1 amide bonds. The summed E-state index contributed by atoms with van der Waals surface area (Å²) in [7, 11) is -3.47. The average molecular weight is 442 g/mol. The van der Waals surface area contributed by atoms with Gasteiger partial charge in [-0.3, -0.25) is 9.69 Å². The van der Waals surface area contributed by atoms with Crippen LogP contribution in [-0.4, -0.2) is 62.8 Å². The summed E-state index contributed by atoms with van der Waals surface area (Å²) in [5.41, 5.74) is 1.30. The maximum absolute atomic E-state index is 13.2. The summed E-state index contributed by atoms with van der Waals surface area (Å²) in [5.74, 6) is -0.765. The number of carbonyl (C=O) groups excluding carboxylic acids is 1. The minimum absolute atomic E-state index is 0. The summed E-state index contributed by atoms with van der Waals surface area (Å²) in [5, 5.41) is 2.77. The highest BCUT2D eigenvalue weighted by Crippen LogP contribution is 2.18. The van der Waals surface area contributed by atoms with Crippen molar-refractivity contribution in [1.29, 1.82) is 0 Å². The fraction of sp³-hybridized carbons (Fsp3) is 0.350. The van der Waals surface area contributed by atoms with Gasteiger partial charge in [-0.1, -0.05) is 23.8 Å². The molecule has 3 rings (SSSR count). The van der Waals surface area contributed by atoms with Gasteiger partial charge in [0.1, 0.15) is 5.82 Å². The highest BCUT2D eigenvalue weighted by molar-refractivity contribution is 7.89. The second-order valence-electron chi connectivity index (χ2n) is 6.83. The van der Waals surface area contributed by atoms with Crippen molar-refractivity contribution in [3.63, 3.8) is 0 Å². The number of sulfonamides is 1. The van der Waals surface area contributed by atoms with Crippen LogP contribution in [-0.2, 0) is 10.0 Å². The van der Waals surface area contributed by atoms with E-state index in [1.165, 1.54) is 22.5 Å². The van der Waals surface area contributed by atoms with Gasteiger partial charge in [-0.2, -0.15) is 4.31 Å². The van der Waals surface area contributed by atoms with Crippen LogP contribution in [0.5, 0.6) is 0 Å². The number of halogens is 2.